The second kappa shape index (κ2) is 6.25. The summed E-state index contributed by atoms with van der Waals surface area (Å²) in [7, 11) is -3.86. The lowest BCUT2D eigenvalue weighted by Crippen LogP contribution is -2.31. The predicted octanol–water partition coefficient (Wildman–Crippen LogP) is 0.497. The second-order valence-electron chi connectivity index (χ2n) is 4.50. The molecule has 0 bridgehead atoms. The summed E-state index contributed by atoms with van der Waals surface area (Å²) >= 11 is 0. The molecule has 0 aliphatic heterocycles. The van der Waals surface area contributed by atoms with Crippen LogP contribution >= 0.6 is 0 Å². The van der Waals surface area contributed by atoms with Gasteiger partial charge in [0, 0.05) is 12.7 Å². The molecule has 1 aromatic carbocycles. The van der Waals surface area contributed by atoms with Crippen LogP contribution in [0.1, 0.15) is 18.5 Å². The Hall–Kier alpha value is -1.90. The quantitative estimate of drug-likeness (QED) is 0.719. The van der Waals surface area contributed by atoms with E-state index in [9.17, 15) is 13.5 Å². The first kappa shape index (κ1) is 15.5. The molecule has 0 radical (unpaired) electrons. The monoisotopic (exact) mass is 310 g/mol. The predicted molar refractivity (Wildman–Crippen MR) is 78.9 cm³/mol. The number of rotatable bonds is 6. The molecule has 1 atom stereocenters. The van der Waals surface area contributed by atoms with Gasteiger partial charge in [-0.3, -0.25) is 4.68 Å². The molecule has 4 N–H and O–H groups in total. The molecule has 1 aromatic heterocycles. The molecule has 0 unspecified atom stereocenters. The van der Waals surface area contributed by atoms with Gasteiger partial charge in [0.15, 0.2) is 5.82 Å². The Morgan fingerprint density at radius 3 is 2.57 bits per heavy atom. The molecule has 1 heterocycles. The van der Waals surface area contributed by atoms with Gasteiger partial charge < -0.3 is 10.8 Å². The maximum absolute atomic E-state index is 12.4. The number of hydrogen-bond donors (Lipinski definition) is 3. The van der Waals surface area contributed by atoms with Crippen LogP contribution in [0.25, 0.3) is 0 Å². The first-order valence-electron chi connectivity index (χ1n) is 6.49. The molecule has 2 aromatic rings. The molecule has 0 aliphatic rings. The average molecular weight is 310 g/mol. The summed E-state index contributed by atoms with van der Waals surface area (Å²) in [6, 6.07) is 8.10. The number of anilines is 1. The molecule has 7 nitrogen and oxygen atoms in total. The van der Waals surface area contributed by atoms with E-state index in [-0.39, 0.29) is 17.3 Å². The molecule has 8 heteroatoms. The minimum Gasteiger partial charge on any atom is -0.394 e. The number of benzene rings is 1. The first-order valence-corrected chi connectivity index (χ1v) is 7.97. The SMILES string of the molecule is CCn1cc(S(=O)(=O)N[C@@H](CO)c2ccccc2)c(N)n1. The molecule has 0 spiro atoms. The van der Waals surface area contributed by atoms with E-state index in [0.29, 0.717) is 12.1 Å². The topological polar surface area (TPSA) is 110 Å². The highest BCUT2D eigenvalue weighted by Gasteiger charge is 2.25. The van der Waals surface area contributed by atoms with Gasteiger partial charge in [-0.15, -0.1) is 0 Å². The normalized spacial score (nSPS) is 13.2. The third kappa shape index (κ3) is 3.41. The van der Waals surface area contributed by atoms with Crippen molar-refractivity contribution in [1.29, 1.82) is 0 Å². The molecule has 0 aliphatic carbocycles. The molecular formula is C13H18N4O3S. The summed E-state index contributed by atoms with van der Waals surface area (Å²) in [5, 5.41) is 13.3. The van der Waals surface area contributed by atoms with E-state index < -0.39 is 16.1 Å². The van der Waals surface area contributed by atoms with Crippen molar-refractivity contribution in [3.8, 4) is 0 Å². The van der Waals surface area contributed by atoms with Crippen LogP contribution in [0.2, 0.25) is 0 Å². The summed E-state index contributed by atoms with van der Waals surface area (Å²) in [4.78, 5) is -0.0845. The number of aliphatic hydroxyl groups is 1. The van der Waals surface area contributed by atoms with E-state index in [4.69, 9.17) is 5.73 Å². The number of aliphatic hydroxyl groups excluding tert-OH is 1. The minimum absolute atomic E-state index is 0.0610. The van der Waals surface area contributed by atoms with E-state index in [0.717, 1.165) is 0 Å². The number of aryl methyl sites for hydroxylation is 1. The Morgan fingerprint density at radius 2 is 2.05 bits per heavy atom. The highest BCUT2D eigenvalue weighted by atomic mass is 32.2. The summed E-state index contributed by atoms with van der Waals surface area (Å²) in [5.41, 5.74) is 6.32. The average Bonchev–Trinajstić information content (AvgIpc) is 2.88. The van der Waals surface area contributed by atoms with Crippen molar-refractivity contribution >= 4 is 15.8 Å². The Balaban J connectivity index is 2.29. The fourth-order valence-electron chi connectivity index (χ4n) is 1.93. The zero-order valence-electron chi connectivity index (χ0n) is 11.6. The van der Waals surface area contributed by atoms with E-state index in [1.807, 2.05) is 13.0 Å². The number of sulfonamides is 1. The fourth-order valence-corrected chi connectivity index (χ4v) is 3.22. The van der Waals surface area contributed by atoms with Crippen LogP contribution < -0.4 is 10.5 Å². The van der Waals surface area contributed by atoms with Crippen LogP contribution in [-0.2, 0) is 16.6 Å². The van der Waals surface area contributed by atoms with Gasteiger partial charge in [-0.2, -0.15) is 5.10 Å². The van der Waals surface area contributed by atoms with Crippen LogP contribution in [0, 0.1) is 0 Å². The highest BCUT2D eigenvalue weighted by Crippen LogP contribution is 2.20. The molecule has 2 rings (SSSR count). The Kier molecular flexibility index (Phi) is 4.61. The van der Waals surface area contributed by atoms with Crippen molar-refractivity contribution in [1.82, 2.24) is 14.5 Å². The largest absolute Gasteiger partial charge is 0.394 e. The molecule has 0 amide bonds. The Morgan fingerprint density at radius 1 is 1.38 bits per heavy atom. The molecular weight excluding hydrogens is 292 g/mol. The number of nitrogens with one attached hydrogen (secondary N) is 1. The fraction of sp³-hybridized carbons (Fsp3) is 0.308. The summed E-state index contributed by atoms with van der Waals surface area (Å²) in [5.74, 6) is -0.0610. The van der Waals surface area contributed by atoms with Gasteiger partial charge in [-0.25, -0.2) is 13.1 Å². The van der Waals surface area contributed by atoms with Crippen LogP contribution in [0.3, 0.4) is 0 Å². The highest BCUT2D eigenvalue weighted by molar-refractivity contribution is 7.89. The summed E-state index contributed by atoms with van der Waals surface area (Å²) in [6.07, 6.45) is 1.37. The van der Waals surface area contributed by atoms with Crippen LogP contribution in [-0.4, -0.2) is 29.9 Å². The van der Waals surface area contributed by atoms with Crippen LogP contribution in [0.4, 0.5) is 5.82 Å². The zero-order chi connectivity index (χ0) is 15.5. The van der Waals surface area contributed by atoms with E-state index >= 15 is 0 Å². The van der Waals surface area contributed by atoms with Crippen molar-refractivity contribution in [2.45, 2.75) is 24.4 Å². The lowest BCUT2D eigenvalue weighted by atomic mass is 10.1. The molecule has 0 saturated carbocycles. The number of nitrogens with zero attached hydrogens (tertiary/aromatic N) is 2. The van der Waals surface area contributed by atoms with Gasteiger partial charge in [-0.1, -0.05) is 30.3 Å². The molecule has 0 fully saturated rings. The minimum atomic E-state index is -3.86. The lowest BCUT2D eigenvalue weighted by Gasteiger charge is -2.16. The third-order valence-electron chi connectivity index (χ3n) is 3.05. The maximum Gasteiger partial charge on any atom is 0.246 e. The number of nitrogen functional groups attached to an aromatic ring is 1. The van der Waals surface area contributed by atoms with Gasteiger partial charge in [0.2, 0.25) is 10.0 Å². The number of aromatic nitrogens is 2. The summed E-state index contributed by atoms with van der Waals surface area (Å²) < 4.78 is 28.6. The van der Waals surface area contributed by atoms with Crippen molar-refractivity contribution in [2.75, 3.05) is 12.3 Å². The second-order valence-corrected chi connectivity index (χ2v) is 6.18. The maximum atomic E-state index is 12.4. The lowest BCUT2D eigenvalue weighted by molar-refractivity contribution is 0.259. The molecule has 21 heavy (non-hydrogen) atoms. The van der Waals surface area contributed by atoms with Gasteiger partial charge in [-0.05, 0) is 12.5 Å². The van der Waals surface area contributed by atoms with Gasteiger partial charge in [0.05, 0.1) is 12.6 Å². The smallest absolute Gasteiger partial charge is 0.246 e. The van der Waals surface area contributed by atoms with Gasteiger partial charge >= 0.3 is 0 Å². The van der Waals surface area contributed by atoms with Crippen molar-refractivity contribution in [3.05, 3.63) is 42.1 Å². The van der Waals surface area contributed by atoms with Crippen molar-refractivity contribution in [3.63, 3.8) is 0 Å². The standard InChI is InChI=1S/C13H18N4O3S/c1-2-17-8-12(13(14)15-17)21(19,20)16-11(9-18)10-6-4-3-5-7-10/h3-8,11,16,18H,2,9H2,1H3,(H2,14,15)/t11-/m0/s1. The Bertz CT molecular complexity index is 697. The first-order chi connectivity index (χ1) is 9.97. The van der Waals surface area contributed by atoms with E-state index in [1.165, 1.54) is 10.9 Å². The Labute approximate surface area is 123 Å². The van der Waals surface area contributed by atoms with E-state index in [2.05, 4.69) is 9.82 Å². The molecule has 0 saturated heterocycles. The summed E-state index contributed by atoms with van der Waals surface area (Å²) in [6.45, 7) is 1.99. The third-order valence-corrected chi connectivity index (χ3v) is 4.54. The van der Waals surface area contributed by atoms with Crippen molar-refractivity contribution in [2.24, 2.45) is 0 Å². The zero-order valence-corrected chi connectivity index (χ0v) is 12.4. The van der Waals surface area contributed by atoms with Gasteiger partial charge in [0.1, 0.15) is 4.90 Å². The van der Waals surface area contributed by atoms with Gasteiger partial charge in [0.25, 0.3) is 0 Å². The molecule has 114 valence electrons. The van der Waals surface area contributed by atoms with Crippen LogP contribution in [0.15, 0.2) is 41.4 Å². The number of nitrogens with two attached hydrogens (primary N) is 1. The van der Waals surface area contributed by atoms with Crippen LogP contribution in [0.5, 0.6) is 0 Å². The number of hydrogen-bond acceptors (Lipinski definition) is 5. The van der Waals surface area contributed by atoms with E-state index in [1.54, 1.807) is 24.3 Å². The van der Waals surface area contributed by atoms with Crippen molar-refractivity contribution < 1.29 is 13.5 Å².